The fourth-order valence-electron chi connectivity index (χ4n) is 1.98. The molecule has 0 aliphatic carbocycles. The Morgan fingerprint density at radius 2 is 2.05 bits per heavy atom. The van der Waals surface area contributed by atoms with Crippen LogP contribution in [0.15, 0.2) is 47.6 Å². The zero-order valence-electron chi connectivity index (χ0n) is 12.3. The van der Waals surface area contributed by atoms with Crippen molar-refractivity contribution >= 4 is 17.3 Å². The highest BCUT2D eigenvalue weighted by Gasteiger charge is 2.11. The van der Waals surface area contributed by atoms with Gasteiger partial charge in [0, 0.05) is 5.56 Å². The SMILES string of the molecule is CO/N=C(/C#N)c1ccccc1COc1ccc(C)cc1Cl. The van der Waals surface area contributed by atoms with E-state index in [0.717, 1.165) is 11.1 Å². The number of oxime groups is 1. The fourth-order valence-corrected chi connectivity index (χ4v) is 2.27. The zero-order chi connectivity index (χ0) is 15.9. The average molecular weight is 315 g/mol. The van der Waals surface area contributed by atoms with Gasteiger partial charge in [-0.25, -0.2) is 0 Å². The van der Waals surface area contributed by atoms with Crippen molar-refractivity contribution in [1.82, 2.24) is 0 Å². The summed E-state index contributed by atoms with van der Waals surface area (Å²) in [5, 5.41) is 13.5. The lowest BCUT2D eigenvalue weighted by Crippen LogP contribution is -2.06. The largest absolute Gasteiger partial charge is 0.487 e. The fraction of sp³-hybridized carbons (Fsp3) is 0.176. The van der Waals surface area contributed by atoms with Gasteiger partial charge in [-0.05, 0) is 30.2 Å². The first-order valence-corrected chi connectivity index (χ1v) is 7.02. The average Bonchev–Trinajstić information content (AvgIpc) is 2.52. The molecule has 0 atom stereocenters. The van der Waals surface area contributed by atoms with Crippen molar-refractivity contribution in [3.8, 4) is 11.8 Å². The van der Waals surface area contributed by atoms with E-state index in [-0.39, 0.29) is 12.3 Å². The molecule has 22 heavy (non-hydrogen) atoms. The predicted molar refractivity (Wildman–Crippen MR) is 86.1 cm³/mol. The summed E-state index contributed by atoms with van der Waals surface area (Å²) >= 11 is 6.15. The molecule has 0 saturated heterocycles. The Bertz CT molecular complexity index is 736. The topological polar surface area (TPSA) is 54.6 Å². The smallest absolute Gasteiger partial charge is 0.187 e. The van der Waals surface area contributed by atoms with Crippen LogP contribution in [0.5, 0.6) is 5.75 Å². The highest BCUT2D eigenvalue weighted by molar-refractivity contribution is 6.32. The number of ether oxygens (including phenoxy) is 1. The summed E-state index contributed by atoms with van der Waals surface area (Å²) in [5.74, 6) is 0.601. The molecule has 0 unspecified atom stereocenters. The molecule has 0 amide bonds. The molecule has 0 spiro atoms. The lowest BCUT2D eigenvalue weighted by molar-refractivity contribution is 0.214. The monoisotopic (exact) mass is 314 g/mol. The van der Waals surface area contributed by atoms with Crippen LogP contribution in [0.25, 0.3) is 0 Å². The van der Waals surface area contributed by atoms with Gasteiger partial charge in [-0.2, -0.15) is 5.26 Å². The van der Waals surface area contributed by atoms with Gasteiger partial charge >= 0.3 is 0 Å². The molecular weight excluding hydrogens is 300 g/mol. The summed E-state index contributed by atoms with van der Waals surface area (Å²) in [6, 6.07) is 15.0. The standard InChI is InChI=1S/C17H15ClN2O2/c1-12-7-8-17(15(18)9-12)22-11-13-5-3-4-6-14(13)16(10-19)20-21-2/h3-9H,11H2,1-2H3/b20-16-. The van der Waals surface area contributed by atoms with Gasteiger partial charge < -0.3 is 9.57 Å². The number of hydrogen-bond donors (Lipinski definition) is 0. The molecule has 0 saturated carbocycles. The van der Waals surface area contributed by atoms with Gasteiger partial charge in [0.2, 0.25) is 0 Å². The first kappa shape index (κ1) is 15.9. The third kappa shape index (κ3) is 3.78. The summed E-state index contributed by atoms with van der Waals surface area (Å²) in [6.45, 7) is 2.24. The van der Waals surface area contributed by atoms with Crippen LogP contribution in [-0.4, -0.2) is 12.8 Å². The molecule has 2 aromatic carbocycles. The van der Waals surface area contributed by atoms with Crippen LogP contribution >= 0.6 is 11.6 Å². The van der Waals surface area contributed by atoms with Crippen LogP contribution in [0.2, 0.25) is 5.02 Å². The Kier molecular flexibility index (Phi) is 5.40. The molecule has 0 aromatic heterocycles. The van der Waals surface area contributed by atoms with Gasteiger partial charge in [-0.3, -0.25) is 0 Å². The molecule has 0 aliphatic rings. The first-order chi connectivity index (χ1) is 10.7. The van der Waals surface area contributed by atoms with Crippen molar-refractivity contribution in [1.29, 1.82) is 5.26 Å². The van der Waals surface area contributed by atoms with Crippen molar-refractivity contribution in [3.63, 3.8) is 0 Å². The minimum absolute atomic E-state index is 0.205. The number of rotatable bonds is 5. The van der Waals surface area contributed by atoms with Crippen LogP contribution in [0.1, 0.15) is 16.7 Å². The van der Waals surface area contributed by atoms with Gasteiger partial charge in [0.25, 0.3) is 0 Å². The second kappa shape index (κ2) is 7.48. The molecule has 0 N–H and O–H groups in total. The van der Waals surface area contributed by atoms with E-state index in [1.54, 1.807) is 6.07 Å². The van der Waals surface area contributed by atoms with Crippen molar-refractivity contribution < 1.29 is 9.57 Å². The minimum atomic E-state index is 0.205. The third-order valence-electron chi connectivity index (χ3n) is 3.03. The van der Waals surface area contributed by atoms with Gasteiger partial charge in [0.05, 0.1) is 5.02 Å². The van der Waals surface area contributed by atoms with E-state index in [9.17, 15) is 5.26 Å². The second-order valence-corrected chi connectivity index (χ2v) is 5.02. The number of nitrogens with zero attached hydrogens (tertiary/aromatic N) is 2. The molecule has 2 rings (SSSR count). The van der Waals surface area contributed by atoms with E-state index in [1.165, 1.54) is 7.11 Å². The molecule has 4 nitrogen and oxygen atoms in total. The van der Waals surface area contributed by atoms with E-state index in [1.807, 2.05) is 49.4 Å². The molecule has 5 heteroatoms. The van der Waals surface area contributed by atoms with E-state index in [4.69, 9.17) is 21.2 Å². The molecule has 0 aliphatic heterocycles. The lowest BCUT2D eigenvalue weighted by Gasteiger charge is -2.11. The molecule has 112 valence electrons. The van der Waals surface area contributed by atoms with Crippen LogP contribution in [0.4, 0.5) is 0 Å². The highest BCUT2D eigenvalue weighted by Crippen LogP contribution is 2.26. The van der Waals surface area contributed by atoms with Crippen LogP contribution in [0.3, 0.4) is 0 Å². The van der Waals surface area contributed by atoms with Crippen LogP contribution in [0, 0.1) is 18.3 Å². The quantitative estimate of drug-likeness (QED) is 0.616. The minimum Gasteiger partial charge on any atom is -0.487 e. The lowest BCUT2D eigenvalue weighted by atomic mass is 10.0. The molecule has 0 bridgehead atoms. The molecule has 0 fully saturated rings. The summed E-state index contributed by atoms with van der Waals surface area (Å²) in [5.41, 5.74) is 2.78. The number of aryl methyl sites for hydroxylation is 1. The predicted octanol–water partition coefficient (Wildman–Crippen LogP) is 4.10. The first-order valence-electron chi connectivity index (χ1n) is 6.64. The Labute approximate surface area is 134 Å². The van der Waals surface area contributed by atoms with Crippen molar-refractivity contribution in [2.24, 2.45) is 5.16 Å². The van der Waals surface area contributed by atoms with Gasteiger partial charge in [0.15, 0.2) is 5.71 Å². The molecule has 0 radical (unpaired) electrons. The van der Waals surface area contributed by atoms with Gasteiger partial charge in [0.1, 0.15) is 25.5 Å². The summed E-state index contributed by atoms with van der Waals surface area (Å²) in [7, 11) is 1.41. The summed E-state index contributed by atoms with van der Waals surface area (Å²) in [4.78, 5) is 4.70. The van der Waals surface area contributed by atoms with Crippen LogP contribution in [-0.2, 0) is 11.4 Å². The summed E-state index contributed by atoms with van der Waals surface area (Å²) < 4.78 is 5.75. The van der Waals surface area contributed by atoms with Gasteiger partial charge in [-0.1, -0.05) is 47.1 Å². The van der Waals surface area contributed by atoms with Crippen LogP contribution < -0.4 is 4.74 Å². The normalized spacial score (nSPS) is 10.9. The number of benzene rings is 2. The van der Waals surface area contributed by atoms with E-state index >= 15 is 0 Å². The Balaban J connectivity index is 2.24. The maximum atomic E-state index is 9.17. The van der Waals surface area contributed by atoms with E-state index in [0.29, 0.717) is 16.3 Å². The van der Waals surface area contributed by atoms with Gasteiger partial charge in [-0.15, -0.1) is 0 Å². The van der Waals surface area contributed by atoms with Crippen molar-refractivity contribution in [2.45, 2.75) is 13.5 Å². The maximum Gasteiger partial charge on any atom is 0.187 e. The molecular formula is C17H15ClN2O2. The molecule has 0 heterocycles. The second-order valence-electron chi connectivity index (χ2n) is 4.61. The van der Waals surface area contributed by atoms with E-state index < -0.39 is 0 Å². The van der Waals surface area contributed by atoms with Crippen molar-refractivity contribution in [3.05, 3.63) is 64.2 Å². The Hall–Kier alpha value is -2.51. The Morgan fingerprint density at radius 3 is 2.73 bits per heavy atom. The summed E-state index contributed by atoms with van der Waals surface area (Å²) in [6.07, 6.45) is 0. The number of halogens is 1. The highest BCUT2D eigenvalue weighted by atomic mass is 35.5. The van der Waals surface area contributed by atoms with Crippen molar-refractivity contribution in [2.75, 3.05) is 7.11 Å². The Morgan fingerprint density at radius 1 is 1.27 bits per heavy atom. The third-order valence-corrected chi connectivity index (χ3v) is 3.33. The number of nitriles is 1. The maximum absolute atomic E-state index is 9.17. The van der Waals surface area contributed by atoms with E-state index in [2.05, 4.69) is 5.16 Å². The zero-order valence-corrected chi connectivity index (χ0v) is 13.1. The molecule has 2 aromatic rings. The number of hydrogen-bond acceptors (Lipinski definition) is 4.